The molecule has 0 saturated heterocycles. The normalized spacial score (nSPS) is 20.7. The Bertz CT molecular complexity index is 858. The molecule has 2 unspecified atom stereocenters. The zero-order valence-corrected chi connectivity index (χ0v) is 18.4. The third kappa shape index (κ3) is 5.31. The molecule has 30 heavy (non-hydrogen) atoms. The molecule has 1 aromatic carbocycles. The van der Waals surface area contributed by atoms with E-state index < -0.39 is 24.7 Å². The minimum Gasteiger partial charge on any atom is -0.435 e. The second kappa shape index (κ2) is 10.1. The summed E-state index contributed by atoms with van der Waals surface area (Å²) in [5.74, 6) is -0.471. The lowest BCUT2D eigenvalue weighted by Crippen LogP contribution is -2.42. The van der Waals surface area contributed by atoms with Crippen LogP contribution >= 0.6 is 7.60 Å². The van der Waals surface area contributed by atoms with Crippen LogP contribution in [-0.4, -0.2) is 38.1 Å². The highest BCUT2D eigenvalue weighted by molar-refractivity contribution is 7.53. The Morgan fingerprint density at radius 3 is 2.67 bits per heavy atom. The van der Waals surface area contributed by atoms with Gasteiger partial charge in [0.2, 0.25) is 6.29 Å². The van der Waals surface area contributed by atoms with Gasteiger partial charge in [-0.1, -0.05) is 19.3 Å². The number of anilines is 2. The number of hydrogen-bond donors (Lipinski definition) is 1. The first kappa shape index (κ1) is 23.0. The Labute approximate surface area is 176 Å². The predicted molar refractivity (Wildman–Crippen MR) is 113 cm³/mol. The maximum atomic E-state index is 13.2. The second-order valence-electron chi connectivity index (χ2n) is 7.77. The van der Waals surface area contributed by atoms with Crippen LogP contribution in [0.25, 0.3) is 0 Å². The molecule has 1 radical (unpaired) electrons. The average molecular weight is 441 g/mol. The van der Waals surface area contributed by atoms with Gasteiger partial charge in [0, 0.05) is 19.6 Å². The van der Waals surface area contributed by atoms with Crippen LogP contribution in [0.2, 0.25) is 0 Å². The van der Waals surface area contributed by atoms with E-state index in [-0.39, 0.29) is 24.6 Å². The van der Waals surface area contributed by atoms with E-state index in [1.54, 1.807) is 11.8 Å². The van der Waals surface area contributed by atoms with E-state index in [1.807, 2.05) is 0 Å². The van der Waals surface area contributed by atoms with E-state index in [2.05, 4.69) is 5.32 Å². The van der Waals surface area contributed by atoms with Crippen molar-refractivity contribution in [2.75, 3.05) is 36.0 Å². The van der Waals surface area contributed by atoms with E-state index in [0.717, 1.165) is 38.5 Å². The van der Waals surface area contributed by atoms with Crippen molar-refractivity contribution in [3.8, 4) is 0 Å². The maximum Gasteiger partial charge on any atom is 0.335 e. The number of nitrogens with one attached hydrogen (secondary N) is 1. The number of hydrogen-bond acceptors (Lipinski definition) is 9. The van der Waals surface area contributed by atoms with Crippen LogP contribution in [0.1, 0.15) is 52.4 Å². The minimum absolute atomic E-state index is 0.0130. The molecule has 1 aliphatic carbocycles. The van der Waals surface area contributed by atoms with Crippen molar-refractivity contribution in [1.29, 1.82) is 0 Å². The summed E-state index contributed by atoms with van der Waals surface area (Å²) < 4.78 is 29.4. The molecule has 9 nitrogen and oxygen atoms in total. The Hall–Kier alpha value is -1.70. The van der Waals surface area contributed by atoms with Crippen molar-refractivity contribution in [3.05, 3.63) is 27.1 Å². The fourth-order valence-corrected chi connectivity index (χ4v) is 5.61. The number of rotatable bonds is 9. The summed E-state index contributed by atoms with van der Waals surface area (Å²) in [5, 5.41) is 2.97. The standard InChI is InChI=1S/C20H30N2O7P/c1-3-27-30(26,29-14(2)28-20(25)15-8-5-4-6-9-15)13-12-22-11-7-10-21-16-17(22)19(24)18(16)23/h3,14-15,21H,4-13H2,1-2H3. The lowest BCUT2D eigenvalue weighted by molar-refractivity contribution is -0.168. The van der Waals surface area contributed by atoms with Crippen molar-refractivity contribution >= 4 is 24.9 Å². The molecule has 0 amide bonds. The zero-order valence-electron chi connectivity index (χ0n) is 17.6. The first-order valence-corrected chi connectivity index (χ1v) is 12.3. The van der Waals surface area contributed by atoms with Crippen LogP contribution in [-0.2, 0) is 23.1 Å². The van der Waals surface area contributed by atoms with E-state index in [9.17, 15) is 18.9 Å². The van der Waals surface area contributed by atoms with Crippen molar-refractivity contribution in [2.24, 2.45) is 5.92 Å². The molecule has 1 aliphatic heterocycles. The molecule has 0 bridgehead atoms. The highest BCUT2D eigenvalue weighted by Crippen LogP contribution is 2.50. The summed E-state index contributed by atoms with van der Waals surface area (Å²) >= 11 is 0. The Kier molecular flexibility index (Phi) is 7.71. The van der Waals surface area contributed by atoms with Crippen LogP contribution in [0.4, 0.5) is 11.4 Å². The summed E-state index contributed by atoms with van der Waals surface area (Å²) in [5.41, 5.74) is -0.391. The van der Waals surface area contributed by atoms with Gasteiger partial charge in [-0.3, -0.25) is 23.5 Å². The molecule has 1 N–H and O–H groups in total. The highest BCUT2D eigenvalue weighted by Gasteiger charge is 2.33. The molecule has 1 heterocycles. The van der Waals surface area contributed by atoms with Gasteiger partial charge in [-0.25, -0.2) is 0 Å². The summed E-state index contributed by atoms with van der Waals surface area (Å²) in [7, 11) is -3.62. The van der Waals surface area contributed by atoms with Gasteiger partial charge in [0.25, 0.3) is 10.9 Å². The Morgan fingerprint density at radius 2 is 1.97 bits per heavy atom. The fraction of sp³-hybridized carbons (Fsp3) is 0.700. The number of nitrogens with zero attached hydrogens (tertiary/aromatic N) is 1. The summed E-state index contributed by atoms with van der Waals surface area (Å²) in [4.78, 5) is 37.8. The Balaban J connectivity index is 1.59. The van der Waals surface area contributed by atoms with Gasteiger partial charge in [-0.05, 0) is 33.1 Å². The molecule has 1 saturated carbocycles. The summed E-state index contributed by atoms with van der Waals surface area (Å²) in [6.45, 7) is 5.75. The van der Waals surface area contributed by atoms with Crippen LogP contribution < -0.4 is 21.1 Å². The number of fused-ring (bicyclic) bond motifs is 1. The molecule has 1 aromatic rings. The van der Waals surface area contributed by atoms with Gasteiger partial charge in [0.1, 0.15) is 11.4 Å². The first-order valence-electron chi connectivity index (χ1n) is 10.6. The largest absolute Gasteiger partial charge is 0.435 e. The van der Waals surface area contributed by atoms with Crippen LogP contribution in [0, 0.1) is 12.5 Å². The van der Waals surface area contributed by atoms with Gasteiger partial charge >= 0.3 is 13.6 Å². The van der Waals surface area contributed by atoms with Crippen LogP contribution in [0.5, 0.6) is 0 Å². The summed E-state index contributed by atoms with van der Waals surface area (Å²) in [6, 6.07) is 0. The van der Waals surface area contributed by atoms with E-state index in [4.69, 9.17) is 13.8 Å². The molecular weight excluding hydrogens is 411 g/mol. The van der Waals surface area contributed by atoms with Gasteiger partial charge in [0.15, 0.2) is 0 Å². The van der Waals surface area contributed by atoms with Gasteiger partial charge in [-0.15, -0.1) is 0 Å². The van der Waals surface area contributed by atoms with Crippen molar-refractivity contribution in [2.45, 2.75) is 58.7 Å². The van der Waals surface area contributed by atoms with Crippen LogP contribution in [0.3, 0.4) is 0 Å². The SMILES string of the molecule is C[CH]OP(=O)(CCN1CCCNc2c1c(=O)c2=O)OC(C)OC(=O)C1CCCCC1. The number of esters is 1. The Morgan fingerprint density at radius 1 is 1.23 bits per heavy atom. The monoisotopic (exact) mass is 441 g/mol. The summed E-state index contributed by atoms with van der Waals surface area (Å²) in [6.07, 6.45) is 4.44. The molecular formula is C20H30N2O7P. The smallest absolute Gasteiger partial charge is 0.335 e. The minimum atomic E-state index is -3.62. The fourth-order valence-electron chi connectivity index (χ4n) is 4.04. The third-order valence-electron chi connectivity index (χ3n) is 5.55. The molecule has 1 fully saturated rings. The molecule has 0 spiro atoms. The maximum absolute atomic E-state index is 13.2. The molecule has 10 heteroatoms. The molecule has 167 valence electrons. The first-order chi connectivity index (χ1) is 14.3. The highest BCUT2D eigenvalue weighted by atomic mass is 31.2. The number of ether oxygens (including phenoxy) is 1. The van der Waals surface area contributed by atoms with E-state index >= 15 is 0 Å². The molecule has 3 rings (SSSR count). The van der Waals surface area contributed by atoms with Gasteiger partial charge in [0.05, 0.1) is 18.7 Å². The number of carbonyl (C=O) groups excluding carboxylic acids is 1. The molecule has 0 aromatic heterocycles. The molecule has 2 atom stereocenters. The van der Waals surface area contributed by atoms with Gasteiger partial charge < -0.3 is 19.5 Å². The average Bonchev–Trinajstić information content (AvgIpc) is 2.92. The van der Waals surface area contributed by atoms with Crippen molar-refractivity contribution < 1.29 is 23.1 Å². The van der Waals surface area contributed by atoms with E-state index in [0.29, 0.717) is 24.5 Å². The van der Waals surface area contributed by atoms with Crippen LogP contribution in [0.15, 0.2) is 9.59 Å². The quantitative estimate of drug-likeness (QED) is 0.268. The van der Waals surface area contributed by atoms with E-state index in [1.165, 1.54) is 13.5 Å². The van der Waals surface area contributed by atoms with Crippen molar-refractivity contribution in [1.82, 2.24) is 0 Å². The lowest BCUT2D eigenvalue weighted by atomic mass is 9.89. The predicted octanol–water partition coefficient (Wildman–Crippen LogP) is 2.78. The second-order valence-corrected chi connectivity index (χ2v) is 9.86. The van der Waals surface area contributed by atoms with Crippen molar-refractivity contribution in [3.63, 3.8) is 0 Å². The van der Waals surface area contributed by atoms with Gasteiger partial charge in [-0.2, -0.15) is 0 Å². The lowest BCUT2D eigenvalue weighted by Gasteiger charge is -2.28. The zero-order chi connectivity index (χ0) is 21.7. The molecule has 2 aliphatic rings. The third-order valence-corrected chi connectivity index (χ3v) is 7.45. The topological polar surface area (TPSA) is 111 Å². The number of carbonyl (C=O) groups is 1.